The van der Waals surface area contributed by atoms with Crippen molar-refractivity contribution in [3.05, 3.63) is 83.6 Å². The number of anilines is 1. The van der Waals surface area contributed by atoms with Crippen LogP contribution in [0.1, 0.15) is 41.1 Å². The first-order valence-electron chi connectivity index (χ1n) is 9.91. The van der Waals surface area contributed by atoms with Gasteiger partial charge in [-0.05, 0) is 67.5 Å². The average Bonchev–Trinajstić information content (AvgIpc) is 3.37. The number of aryl methyl sites for hydroxylation is 2. The zero-order valence-corrected chi connectivity index (χ0v) is 17.8. The zero-order chi connectivity index (χ0) is 21.1. The third kappa shape index (κ3) is 4.21. The quantitative estimate of drug-likeness (QED) is 0.580. The van der Waals surface area contributed by atoms with Crippen LogP contribution in [0.25, 0.3) is 0 Å². The fraction of sp³-hybridized carbons (Fsp3) is 0.261. The molecule has 2 N–H and O–H groups in total. The molecule has 0 spiro atoms. The van der Waals surface area contributed by atoms with Gasteiger partial charge in [-0.15, -0.1) is 0 Å². The van der Waals surface area contributed by atoms with E-state index in [-0.39, 0.29) is 18.0 Å². The van der Waals surface area contributed by atoms with Gasteiger partial charge in [-0.2, -0.15) is 0 Å². The molecule has 1 aliphatic heterocycles. The van der Waals surface area contributed by atoms with Crippen molar-refractivity contribution in [2.45, 2.75) is 32.4 Å². The molecule has 0 saturated carbocycles. The number of carbonyl (C=O) groups is 1. The van der Waals surface area contributed by atoms with Crippen LogP contribution < -0.4 is 10.6 Å². The predicted octanol–water partition coefficient (Wildman–Crippen LogP) is 4.29. The maximum absolute atomic E-state index is 12.6. The summed E-state index contributed by atoms with van der Waals surface area (Å²) >= 11 is 5.60. The van der Waals surface area contributed by atoms with Gasteiger partial charge in [0.2, 0.25) is 5.91 Å². The summed E-state index contributed by atoms with van der Waals surface area (Å²) in [7, 11) is 0. The number of aromatic nitrogens is 1. The van der Waals surface area contributed by atoms with E-state index in [1.54, 1.807) is 12.5 Å². The second-order valence-electron chi connectivity index (χ2n) is 7.45. The lowest BCUT2D eigenvalue weighted by Crippen LogP contribution is -2.32. The highest BCUT2D eigenvalue weighted by Gasteiger charge is 2.41. The van der Waals surface area contributed by atoms with Crippen molar-refractivity contribution in [3.8, 4) is 0 Å². The second kappa shape index (κ2) is 8.67. The van der Waals surface area contributed by atoms with Crippen molar-refractivity contribution in [2.24, 2.45) is 0 Å². The Morgan fingerprint density at radius 1 is 1.23 bits per heavy atom. The van der Waals surface area contributed by atoms with Gasteiger partial charge in [0.25, 0.3) is 0 Å². The van der Waals surface area contributed by atoms with Crippen molar-refractivity contribution in [2.75, 3.05) is 11.9 Å². The molecule has 1 amide bonds. The number of hydrogen-bond donors (Lipinski definition) is 2. The standard InChI is InChI=1S/C23H24N4O2S/c1-15-8-9-16(2)18(14-15)25-20(28)10-12-27-22(19-7-5-13-29-19)21(26-23(27)30)17-6-3-4-11-24-17/h3-9,11,13-14,21-22H,10,12H2,1-2H3,(H,25,28)(H,26,30)/t21-,22+/m1/s1. The molecule has 6 nitrogen and oxygen atoms in total. The Bertz CT molecular complexity index is 1040. The maximum Gasteiger partial charge on any atom is 0.226 e. The average molecular weight is 421 g/mol. The van der Waals surface area contributed by atoms with Crippen LogP contribution in [-0.4, -0.2) is 27.4 Å². The zero-order valence-electron chi connectivity index (χ0n) is 17.0. The highest BCUT2D eigenvalue weighted by molar-refractivity contribution is 7.80. The number of rotatable bonds is 6. The normalized spacial score (nSPS) is 18.3. The topological polar surface area (TPSA) is 70.4 Å². The van der Waals surface area contributed by atoms with E-state index in [4.69, 9.17) is 16.6 Å². The molecule has 30 heavy (non-hydrogen) atoms. The Kier molecular flexibility index (Phi) is 5.81. The molecule has 3 aromatic rings. The van der Waals surface area contributed by atoms with Crippen LogP contribution in [0, 0.1) is 13.8 Å². The van der Waals surface area contributed by atoms with Gasteiger partial charge >= 0.3 is 0 Å². The first-order valence-corrected chi connectivity index (χ1v) is 10.3. The molecule has 1 saturated heterocycles. The molecule has 1 aromatic carbocycles. The summed E-state index contributed by atoms with van der Waals surface area (Å²) in [6.45, 7) is 4.46. The van der Waals surface area contributed by atoms with Gasteiger partial charge in [-0.1, -0.05) is 18.2 Å². The second-order valence-corrected chi connectivity index (χ2v) is 7.84. The summed E-state index contributed by atoms with van der Waals surface area (Å²) in [5, 5.41) is 6.96. The van der Waals surface area contributed by atoms with E-state index < -0.39 is 0 Å². The molecule has 4 rings (SSSR count). The largest absolute Gasteiger partial charge is 0.467 e. The van der Waals surface area contributed by atoms with Crippen molar-refractivity contribution in [3.63, 3.8) is 0 Å². The number of amides is 1. The van der Waals surface area contributed by atoms with Crippen LogP contribution >= 0.6 is 12.2 Å². The molecule has 2 atom stereocenters. The molecule has 1 aliphatic rings. The van der Waals surface area contributed by atoms with Gasteiger partial charge in [-0.3, -0.25) is 9.78 Å². The minimum absolute atomic E-state index is 0.0500. The molecule has 0 aliphatic carbocycles. The summed E-state index contributed by atoms with van der Waals surface area (Å²) < 4.78 is 5.71. The van der Waals surface area contributed by atoms with E-state index in [1.165, 1.54) is 0 Å². The number of pyridine rings is 1. The van der Waals surface area contributed by atoms with Crippen molar-refractivity contribution >= 4 is 28.9 Å². The van der Waals surface area contributed by atoms with E-state index in [9.17, 15) is 4.79 Å². The molecule has 0 unspecified atom stereocenters. The lowest BCUT2D eigenvalue weighted by atomic mass is 10.0. The SMILES string of the molecule is Cc1ccc(C)c(NC(=O)CCN2C(=S)N[C@H](c3ccccn3)[C@@H]2c2ccco2)c1. The molecule has 2 aromatic heterocycles. The molecule has 154 valence electrons. The molecule has 3 heterocycles. The Morgan fingerprint density at radius 2 is 2.10 bits per heavy atom. The van der Waals surface area contributed by atoms with Crippen molar-refractivity contribution < 1.29 is 9.21 Å². The Balaban J connectivity index is 1.50. The van der Waals surface area contributed by atoms with E-state index >= 15 is 0 Å². The number of nitrogens with one attached hydrogen (secondary N) is 2. The predicted molar refractivity (Wildman–Crippen MR) is 120 cm³/mol. The van der Waals surface area contributed by atoms with Gasteiger partial charge in [0.15, 0.2) is 5.11 Å². The Morgan fingerprint density at radius 3 is 2.83 bits per heavy atom. The number of furan rings is 1. The third-order valence-electron chi connectivity index (χ3n) is 5.28. The Hall–Kier alpha value is -3.19. The first-order chi connectivity index (χ1) is 14.5. The Labute approximate surface area is 181 Å². The summed E-state index contributed by atoms with van der Waals surface area (Å²) in [6.07, 6.45) is 3.72. The summed E-state index contributed by atoms with van der Waals surface area (Å²) in [4.78, 5) is 19.1. The summed E-state index contributed by atoms with van der Waals surface area (Å²) in [5.41, 5.74) is 3.87. The lowest BCUT2D eigenvalue weighted by molar-refractivity contribution is -0.116. The lowest BCUT2D eigenvalue weighted by Gasteiger charge is -2.25. The van der Waals surface area contributed by atoms with Gasteiger partial charge in [0.05, 0.1) is 18.0 Å². The third-order valence-corrected chi connectivity index (χ3v) is 5.63. The molecule has 1 fully saturated rings. The summed E-state index contributed by atoms with van der Waals surface area (Å²) in [5.74, 6) is 0.735. The number of nitrogens with zero attached hydrogens (tertiary/aromatic N) is 2. The monoisotopic (exact) mass is 420 g/mol. The van der Waals surface area contributed by atoms with Gasteiger partial charge in [0, 0.05) is 24.8 Å². The van der Waals surface area contributed by atoms with Crippen molar-refractivity contribution in [1.82, 2.24) is 15.2 Å². The molecule has 0 radical (unpaired) electrons. The minimum atomic E-state index is -0.170. The highest BCUT2D eigenvalue weighted by atomic mass is 32.1. The van der Waals surface area contributed by atoms with Gasteiger partial charge in [0.1, 0.15) is 11.8 Å². The fourth-order valence-corrected chi connectivity index (χ4v) is 4.05. The highest BCUT2D eigenvalue weighted by Crippen LogP contribution is 2.38. The summed E-state index contributed by atoms with van der Waals surface area (Å²) in [6, 6.07) is 15.3. The van der Waals surface area contributed by atoms with Gasteiger partial charge < -0.3 is 20.0 Å². The van der Waals surface area contributed by atoms with Crippen LogP contribution in [0.2, 0.25) is 0 Å². The number of hydrogen-bond acceptors (Lipinski definition) is 4. The maximum atomic E-state index is 12.6. The molecule has 7 heteroatoms. The number of carbonyl (C=O) groups excluding carboxylic acids is 1. The van der Waals surface area contributed by atoms with Crippen LogP contribution in [0.5, 0.6) is 0 Å². The van der Waals surface area contributed by atoms with Crippen LogP contribution in [0.4, 0.5) is 5.69 Å². The van der Waals surface area contributed by atoms with Crippen LogP contribution in [-0.2, 0) is 4.79 Å². The van der Waals surface area contributed by atoms with E-state index in [0.717, 1.165) is 28.3 Å². The molecular formula is C23H24N4O2S. The van der Waals surface area contributed by atoms with E-state index in [1.807, 2.05) is 67.3 Å². The minimum Gasteiger partial charge on any atom is -0.467 e. The van der Waals surface area contributed by atoms with Crippen LogP contribution in [0.3, 0.4) is 0 Å². The molecular weight excluding hydrogens is 396 g/mol. The van der Waals surface area contributed by atoms with E-state index in [2.05, 4.69) is 15.6 Å². The first kappa shape index (κ1) is 20.1. The number of thiocarbonyl (C=S) groups is 1. The smallest absolute Gasteiger partial charge is 0.226 e. The van der Waals surface area contributed by atoms with Crippen LogP contribution in [0.15, 0.2) is 65.4 Å². The van der Waals surface area contributed by atoms with E-state index in [0.29, 0.717) is 18.1 Å². The fourth-order valence-electron chi connectivity index (χ4n) is 3.72. The van der Waals surface area contributed by atoms with Crippen molar-refractivity contribution in [1.29, 1.82) is 0 Å². The molecule has 0 bridgehead atoms. The van der Waals surface area contributed by atoms with Gasteiger partial charge in [-0.25, -0.2) is 0 Å². The number of benzene rings is 1.